The lowest BCUT2D eigenvalue weighted by Gasteiger charge is -2.02. The fourth-order valence-electron chi connectivity index (χ4n) is 1.20. The molecule has 0 saturated carbocycles. The molecule has 0 aliphatic heterocycles. The van der Waals surface area contributed by atoms with Gasteiger partial charge in [-0.25, -0.2) is 0 Å². The molecule has 0 amide bonds. The third-order valence-electron chi connectivity index (χ3n) is 1.76. The molecular formula is C8H12N2OS. The zero-order chi connectivity index (χ0) is 9.30. The number of carbonyl (C=O) groups excluding carboxylic acids is 1. The standard InChI is InChI=1S/C8H12N2OS/c1-5(11)7-4-6(9)8(12-3)10(7)2/h4H,9H2,1-3H3. The fourth-order valence-corrected chi connectivity index (χ4v) is 1.87. The Morgan fingerprint density at radius 3 is 2.50 bits per heavy atom. The number of thioether (sulfide) groups is 1. The number of nitrogens with two attached hydrogens (primary N) is 1. The van der Waals surface area contributed by atoms with Gasteiger partial charge in [0.25, 0.3) is 0 Å². The van der Waals surface area contributed by atoms with Gasteiger partial charge in [0.15, 0.2) is 5.78 Å². The van der Waals surface area contributed by atoms with Gasteiger partial charge >= 0.3 is 0 Å². The van der Waals surface area contributed by atoms with Gasteiger partial charge in [-0.15, -0.1) is 11.8 Å². The molecule has 0 aliphatic rings. The zero-order valence-electron chi connectivity index (χ0n) is 7.42. The van der Waals surface area contributed by atoms with E-state index < -0.39 is 0 Å². The number of hydrogen-bond acceptors (Lipinski definition) is 3. The number of anilines is 1. The Labute approximate surface area is 75.9 Å². The second kappa shape index (κ2) is 3.23. The summed E-state index contributed by atoms with van der Waals surface area (Å²) in [6, 6.07) is 1.72. The van der Waals surface area contributed by atoms with Gasteiger partial charge in [0.2, 0.25) is 0 Å². The molecule has 1 aromatic heterocycles. The minimum atomic E-state index is 0.0458. The lowest BCUT2D eigenvalue weighted by molar-refractivity contribution is 0.100. The first-order valence-corrected chi connectivity index (χ1v) is 4.80. The van der Waals surface area contributed by atoms with Crippen molar-refractivity contribution in [2.75, 3.05) is 12.0 Å². The Morgan fingerprint density at radius 1 is 1.67 bits per heavy atom. The number of hydrogen-bond donors (Lipinski definition) is 1. The van der Waals surface area contributed by atoms with Crippen LogP contribution in [0.25, 0.3) is 0 Å². The van der Waals surface area contributed by atoms with E-state index in [0.717, 1.165) is 5.03 Å². The lowest BCUT2D eigenvalue weighted by atomic mass is 10.3. The van der Waals surface area contributed by atoms with Crippen LogP contribution in [0, 0.1) is 0 Å². The van der Waals surface area contributed by atoms with E-state index in [-0.39, 0.29) is 5.78 Å². The number of Topliss-reactive ketones (excluding diaryl/α,β-unsaturated/α-hetero) is 1. The first kappa shape index (κ1) is 9.19. The smallest absolute Gasteiger partial charge is 0.176 e. The first-order chi connectivity index (χ1) is 5.57. The highest BCUT2D eigenvalue weighted by molar-refractivity contribution is 7.98. The van der Waals surface area contributed by atoms with Crippen LogP contribution in [0.1, 0.15) is 17.4 Å². The van der Waals surface area contributed by atoms with Crippen molar-refractivity contribution in [1.29, 1.82) is 0 Å². The number of nitrogens with zero attached hydrogens (tertiary/aromatic N) is 1. The quantitative estimate of drug-likeness (QED) is 0.560. The lowest BCUT2D eigenvalue weighted by Crippen LogP contribution is -2.01. The summed E-state index contributed by atoms with van der Waals surface area (Å²) >= 11 is 1.55. The van der Waals surface area contributed by atoms with E-state index in [2.05, 4.69) is 0 Å². The molecule has 1 rings (SSSR count). The van der Waals surface area contributed by atoms with Gasteiger partial charge in [-0.1, -0.05) is 0 Å². The maximum atomic E-state index is 11.1. The molecule has 66 valence electrons. The van der Waals surface area contributed by atoms with Crippen LogP contribution in [0.2, 0.25) is 0 Å². The fraction of sp³-hybridized carbons (Fsp3) is 0.375. The number of carbonyl (C=O) groups is 1. The first-order valence-electron chi connectivity index (χ1n) is 3.58. The van der Waals surface area contributed by atoms with Crippen LogP contribution >= 0.6 is 11.8 Å². The van der Waals surface area contributed by atoms with Gasteiger partial charge in [-0.2, -0.15) is 0 Å². The third-order valence-corrected chi connectivity index (χ3v) is 2.66. The Kier molecular flexibility index (Phi) is 2.47. The summed E-state index contributed by atoms with van der Waals surface area (Å²) in [6.45, 7) is 1.54. The van der Waals surface area contributed by atoms with Crippen LogP contribution in [0.15, 0.2) is 11.1 Å². The van der Waals surface area contributed by atoms with E-state index in [0.29, 0.717) is 11.4 Å². The van der Waals surface area contributed by atoms with Gasteiger partial charge in [-0.05, 0) is 12.3 Å². The molecule has 0 unspecified atom stereocenters. The molecule has 12 heavy (non-hydrogen) atoms. The Bertz CT molecular complexity index is 317. The molecule has 1 heterocycles. The van der Waals surface area contributed by atoms with Crippen LogP contribution in [0.5, 0.6) is 0 Å². The Morgan fingerprint density at radius 2 is 2.25 bits per heavy atom. The van der Waals surface area contributed by atoms with Crippen molar-refractivity contribution < 1.29 is 4.79 Å². The Hall–Kier alpha value is -0.900. The molecule has 0 spiro atoms. The van der Waals surface area contributed by atoms with Gasteiger partial charge in [0, 0.05) is 14.0 Å². The molecule has 1 aromatic rings. The normalized spacial score (nSPS) is 10.2. The van der Waals surface area contributed by atoms with Crippen LogP contribution in [0.4, 0.5) is 5.69 Å². The average Bonchev–Trinajstić information content (AvgIpc) is 2.27. The largest absolute Gasteiger partial charge is 0.397 e. The highest BCUT2D eigenvalue weighted by Crippen LogP contribution is 2.25. The SMILES string of the molecule is CSc1c(N)cc(C(C)=O)n1C. The summed E-state index contributed by atoms with van der Waals surface area (Å²) in [4.78, 5) is 11.1. The molecule has 4 heteroatoms. The minimum Gasteiger partial charge on any atom is -0.397 e. The molecule has 0 fully saturated rings. The number of aromatic nitrogens is 1. The summed E-state index contributed by atoms with van der Waals surface area (Å²) in [5.41, 5.74) is 7.04. The van der Waals surface area contributed by atoms with Crippen molar-refractivity contribution in [3.63, 3.8) is 0 Å². The molecule has 0 radical (unpaired) electrons. The van der Waals surface area contributed by atoms with Gasteiger partial charge < -0.3 is 10.3 Å². The summed E-state index contributed by atoms with van der Waals surface area (Å²) in [5.74, 6) is 0.0458. The van der Waals surface area contributed by atoms with Crippen LogP contribution in [-0.2, 0) is 7.05 Å². The predicted octanol–water partition coefficient (Wildman–Crippen LogP) is 1.53. The van der Waals surface area contributed by atoms with Crippen molar-refractivity contribution in [1.82, 2.24) is 4.57 Å². The maximum Gasteiger partial charge on any atom is 0.176 e. The van der Waals surface area contributed by atoms with Crippen molar-refractivity contribution >= 4 is 23.2 Å². The van der Waals surface area contributed by atoms with Crippen molar-refractivity contribution in [2.45, 2.75) is 11.9 Å². The van der Waals surface area contributed by atoms with E-state index in [4.69, 9.17) is 5.73 Å². The predicted molar refractivity (Wildman–Crippen MR) is 51.6 cm³/mol. The molecule has 0 bridgehead atoms. The van der Waals surface area contributed by atoms with Crippen LogP contribution < -0.4 is 5.73 Å². The van der Waals surface area contributed by atoms with E-state index in [1.807, 2.05) is 17.9 Å². The zero-order valence-corrected chi connectivity index (χ0v) is 8.23. The summed E-state index contributed by atoms with van der Waals surface area (Å²) in [5, 5.41) is 0.945. The van der Waals surface area contributed by atoms with Crippen molar-refractivity contribution in [3.8, 4) is 0 Å². The van der Waals surface area contributed by atoms with Gasteiger partial charge in [-0.3, -0.25) is 4.79 Å². The van der Waals surface area contributed by atoms with E-state index in [9.17, 15) is 4.79 Å². The number of rotatable bonds is 2. The van der Waals surface area contributed by atoms with E-state index in [1.54, 1.807) is 24.8 Å². The molecule has 0 atom stereocenters. The maximum absolute atomic E-state index is 11.1. The van der Waals surface area contributed by atoms with Gasteiger partial charge in [0.1, 0.15) is 0 Å². The van der Waals surface area contributed by atoms with E-state index in [1.165, 1.54) is 0 Å². The van der Waals surface area contributed by atoms with Gasteiger partial charge in [0.05, 0.1) is 16.4 Å². The highest BCUT2D eigenvalue weighted by Gasteiger charge is 2.11. The second-order valence-corrected chi connectivity index (χ2v) is 3.40. The van der Waals surface area contributed by atoms with Crippen molar-refractivity contribution in [3.05, 3.63) is 11.8 Å². The van der Waals surface area contributed by atoms with E-state index >= 15 is 0 Å². The highest BCUT2D eigenvalue weighted by atomic mass is 32.2. The molecule has 0 aromatic carbocycles. The van der Waals surface area contributed by atoms with Crippen molar-refractivity contribution in [2.24, 2.45) is 7.05 Å². The molecule has 3 nitrogen and oxygen atoms in total. The minimum absolute atomic E-state index is 0.0458. The van der Waals surface area contributed by atoms with Crippen LogP contribution in [-0.4, -0.2) is 16.6 Å². The molecule has 2 N–H and O–H groups in total. The topological polar surface area (TPSA) is 48.0 Å². The monoisotopic (exact) mass is 184 g/mol. The molecule has 0 aliphatic carbocycles. The van der Waals surface area contributed by atoms with Crippen LogP contribution in [0.3, 0.4) is 0 Å². The average molecular weight is 184 g/mol. The number of nitrogen functional groups attached to an aromatic ring is 1. The number of ketones is 1. The third kappa shape index (κ3) is 1.34. The Balaban J connectivity index is 3.26. The summed E-state index contributed by atoms with van der Waals surface area (Å²) in [6.07, 6.45) is 1.94. The molecular weight excluding hydrogens is 172 g/mol. The summed E-state index contributed by atoms with van der Waals surface area (Å²) < 4.78 is 1.82. The summed E-state index contributed by atoms with van der Waals surface area (Å²) in [7, 11) is 1.85. The second-order valence-electron chi connectivity index (χ2n) is 2.61. The molecule has 0 saturated heterocycles.